The largest absolute Gasteiger partial charge is 0.369 e. The number of anilines is 2. The molecule has 3 unspecified atom stereocenters. The van der Waals surface area contributed by atoms with Gasteiger partial charge in [-0.05, 0) is 49.1 Å². The van der Waals surface area contributed by atoms with Crippen LogP contribution < -0.4 is 16.2 Å². The van der Waals surface area contributed by atoms with Crippen molar-refractivity contribution in [3.05, 3.63) is 28.3 Å². The number of nitrogens with one attached hydrogen (secondary N) is 1. The summed E-state index contributed by atoms with van der Waals surface area (Å²) in [5, 5.41) is 11.4. The van der Waals surface area contributed by atoms with Crippen LogP contribution in [0.1, 0.15) is 25.7 Å². The molecule has 0 saturated heterocycles. The van der Waals surface area contributed by atoms with E-state index < -0.39 is 0 Å². The van der Waals surface area contributed by atoms with Crippen molar-refractivity contribution in [2.75, 3.05) is 23.9 Å². The van der Waals surface area contributed by atoms with Gasteiger partial charge >= 0.3 is 5.69 Å². The van der Waals surface area contributed by atoms with E-state index in [9.17, 15) is 10.1 Å². The molecule has 2 bridgehead atoms. The van der Waals surface area contributed by atoms with Crippen molar-refractivity contribution < 1.29 is 4.92 Å². The Morgan fingerprint density at radius 3 is 2.81 bits per heavy atom. The fourth-order valence-electron chi connectivity index (χ4n) is 4.20. The van der Waals surface area contributed by atoms with Crippen LogP contribution in [-0.4, -0.2) is 18.5 Å². The lowest BCUT2D eigenvalue weighted by atomic mass is 9.88. The van der Waals surface area contributed by atoms with Crippen LogP contribution in [0.4, 0.5) is 17.1 Å². The van der Waals surface area contributed by atoms with E-state index in [2.05, 4.69) is 5.43 Å². The molecular weight excluding hydrogens is 268 g/mol. The van der Waals surface area contributed by atoms with Crippen molar-refractivity contribution >= 4 is 17.1 Å². The van der Waals surface area contributed by atoms with Crippen LogP contribution in [0, 0.1) is 27.9 Å². The predicted molar refractivity (Wildman–Crippen MR) is 83.1 cm³/mol. The van der Waals surface area contributed by atoms with Crippen molar-refractivity contribution in [2.24, 2.45) is 23.6 Å². The number of nitro benzene ring substituents is 1. The van der Waals surface area contributed by atoms with Crippen LogP contribution in [0.5, 0.6) is 0 Å². The average Bonchev–Trinajstić information content (AvgIpc) is 3.08. The number of nitrogen functional groups attached to an aromatic ring is 1. The summed E-state index contributed by atoms with van der Waals surface area (Å²) in [7, 11) is 1.94. The second-order valence-corrected chi connectivity index (χ2v) is 6.39. The molecule has 114 valence electrons. The quantitative estimate of drug-likeness (QED) is 0.495. The van der Waals surface area contributed by atoms with E-state index in [1.165, 1.54) is 25.7 Å². The van der Waals surface area contributed by atoms with E-state index in [4.69, 9.17) is 5.84 Å². The number of hydrazine groups is 1. The molecule has 0 aliphatic heterocycles. The molecule has 0 amide bonds. The van der Waals surface area contributed by atoms with E-state index in [1.54, 1.807) is 18.2 Å². The molecule has 2 aliphatic rings. The molecule has 3 atom stereocenters. The number of nitrogens with two attached hydrogens (primary N) is 1. The van der Waals surface area contributed by atoms with Gasteiger partial charge in [0.1, 0.15) is 11.4 Å². The molecule has 2 saturated carbocycles. The van der Waals surface area contributed by atoms with Crippen molar-refractivity contribution in [3.8, 4) is 0 Å². The number of nitro groups is 1. The third-order valence-electron chi connectivity index (χ3n) is 5.16. The van der Waals surface area contributed by atoms with Crippen molar-refractivity contribution in [1.29, 1.82) is 0 Å². The molecule has 6 heteroatoms. The Hall–Kier alpha value is -1.82. The monoisotopic (exact) mass is 290 g/mol. The number of para-hydroxylation sites is 1. The van der Waals surface area contributed by atoms with Crippen LogP contribution in [0.2, 0.25) is 0 Å². The summed E-state index contributed by atoms with van der Waals surface area (Å²) in [4.78, 5) is 13.0. The standard InChI is InChI=1S/C15H22N4O2/c1-18(9-12-8-10-5-6-11(12)7-10)14-4-2-3-13(17-16)15(14)19(20)21/h2-4,10-12,17H,5-9,16H2,1H3. The number of rotatable bonds is 5. The molecule has 1 aromatic carbocycles. The number of nitrogens with zero attached hydrogens (tertiary/aromatic N) is 2. The number of hydrogen-bond acceptors (Lipinski definition) is 5. The van der Waals surface area contributed by atoms with E-state index in [1.807, 2.05) is 11.9 Å². The first-order valence-electron chi connectivity index (χ1n) is 7.55. The van der Waals surface area contributed by atoms with Gasteiger partial charge in [0.25, 0.3) is 0 Å². The van der Waals surface area contributed by atoms with Crippen molar-refractivity contribution in [1.82, 2.24) is 0 Å². The van der Waals surface area contributed by atoms with Gasteiger partial charge in [-0.15, -0.1) is 0 Å². The summed E-state index contributed by atoms with van der Waals surface area (Å²) >= 11 is 0. The minimum Gasteiger partial charge on any atom is -0.369 e. The highest BCUT2D eigenvalue weighted by atomic mass is 16.6. The molecule has 2 aliphatic carbocycles. The Labute approximate surface area is 124 Å². The van der Waals surface area contributed by atoms with Crippen LogP contribution in [0.3, 0.4) is 0 Å². The molecule has 6 nitrogen and oxygen atoms in total. The maximum absolute atomic E-state index is 11.4. The summed E-state index contributed by atoms with van der Waals surface area (Å²) in [5.74, 6) is 7.77. The number of hydrogen-bond donors (Lipinski definition) is 2. The van der Waals surface area contributed by atoms with Gasteiger partial charge < -0.3 is 10.3 Å². The Morgan fingerprint density at radius 2 is 2.24 bits per heavy atom. The Bertz CT molecular complexity index is 548. The summed E-state index contributed by atoms with van der Waals surface area (Å²) in [5.41, 5.74) is 3.48. The van der Waals surface area contributed by atoms with Gasteiger partial charge in [0.15, 0.2) is 0 Å². The van der Waals surface area contributed by atoms with Crippen LogP contribution >= 0.6 is 0 Å². The normalized spacial score (nSPS) is 26.9. The third-order valence-corrected chi connectivity index (χ3v) is 5.16. The van der Waals surface area contributed by atoms with Crippen LogP contribution in [0.25, 0.3) is 0 Å². The van der Waals surface area contributed by atoms with Gasteiger partial charge in [0, 0.05) is 13.6 Å². The van der Waals surface area contributed by atoms with E-state index in [0.717, 1.165) is 18.4 Å². The van der Waals surface area contributed by atoms with Crippen molar-refractivity contribution in [3.63, 3.8) is 0 Å². The molecule has 0 spiro atoms. The Morgan fingerprint density at radius 1 is 1.43 bits per heavy atom. The molecule has 0 aromatic heterocycles. The van der Waals surface area contributed by atoms with Gasteiger partial charge in [-0.1, -0.05) is 12.5 Å². The lowest BCUT2D eigenvalue weighted by molar-refractivity contribution is -0.383. The zero-order chi connectivity index (χ0) is 15.0. The topological polar surface area (TPSA) is 84.4 Å². The lowest BCUT2D eigenvalue weighted by Crippen LogP contribution is -2.29. The fourth-order valence-corrected chi connectivity index (χ4v) is 4.20. The van der Waals surface area contributed by atoms with Gasteiger partial charge in [-0.2, -0.15) is 0 Å². The second kappa shape index (κ2) is 5.52. The molecular formula is C15H22N4O2. The zero-order valence-electron chi connectivity index (χ0n) is 12.3. The van der Waals surface area contributed by atoms with Crippen LogP contribution in [0.15, 0.2) is 18.2 Å². The molecule has 1 aromatic rings. The van der Waals surface area contributed by atoms with Gasteiger partial charge in [0.05, 0.1) is 4.92 Å². The number of fused-ring (bicyclic) bond motifs is 2. The van der Waals surface area contributed by atoms with Gasteiger partial charge in [-0.25, -0.2) is 0 Å². The van der Waals surface area contributed by atoms with E-state index >= 15 is 0 Å². The van der Waals surface area contributed by atoms with E-state index in [-0.39, 0.29) is 10.6 Å². The molecule has 0 heterocycles. The van der Waals surface area contributed by atoms with E-state index in [0.29, 0.717) is 17.3 Å². The smallest absolute Gasteiger partial charge is 0.316 e. The maximum Gasteiger partial charge on any atom is 0.316 e. The highest BCUT2D eigenvalue weighted by Gasteiger charge is 2.40. The first-order valence-corrected chi connectivity index (χ1v) is 7.55. The minimum absolute atomic E-state index is 0.0608. The molecule has 2 fully saturated rings. The minimum atomic E-state index is -0.359. The predicted octanol–water partition coefficient (Wildman–Crippen LogP) is 2.75. The first-order chi connectivity index (χ1) is 10.1. The Kier molecular flexibility index (Phi) is 3.71. The lowest BCUT2D eigenvalue weighted by Gasteiger charge is -2.28. The highest BCUT2D eigenvalue weighted by molar-refractivity contribution is 5.76. The van der Waals surface area contributed by atoms with Crippen molar-refractivity contribution in [2.45, 2.75) is 25.7 Å². The Balaban J connectivity index is 1.81. The fraction of sp³-hybridized carbons (Fsp3) is 0.600. The summed E-state index contributed by atoms with van der Waals surface area (Å²) in [6.07, 6.45) is 5.33. The summed E-state index contributed by atoms with van der Waals surface area (Å²) < 4.78 is 0. The van der Waals surface area contributed by atoms with Gasteiger partial charge in [-0.3, -0.25) is 16.0 Å². The van der Waals surface area contributed by atoms with Crippen LogP contribution in [-0.2, 0) is 0 Å². The summed E-state index contributed by atoms with van der Waals surface area (Å²) in [6, 6.07) is 5.23. The summed E-state index contributed by atoms with van der Waals surface area (Å²) in [6.45, 7) is 0.885. The SMILES string of the molecule is CN(CC1CC2CCC1C2)c1cccc(NN)c1[N+](=O)[O-]. The third kappa shape index (κ3) is 2.55. The zero-order valence-corrected chi connectivity index (χ0v) is 12.3. The number of benzene rings is 1. The molecule has 3 N–H and O–H groups in total. The highest BCUT2D eigenvalue weighted by Crippen LogP contribution is 2.49. The molecule has 3 rings (SSSR count). The second-order valence-electron chi connectivity index (χ2n) is 6.39. The maximum atomic E-state index is 11.4. The molecule has 0 radical (unpaired) electrons. The van der Waals surface area contributed by atoms with Gasteiger partial charge in [0.2, 0.25) is 0 Å². The average molecular weight is 290 g/mol. The molecule has 21 heavy (non-hydrogen) atoms. The first kappa shape index (κ1) is 14.1.